The number of fused-ring (bicyclic) bond motifs is 1. The number of hydrogen-bond acceptors (Lipinski definition) is 15. The van der Waals surface area contributed by atoms with E-state index >= 15 is 0 Å². The zero-order valence-corrected chi connectivity index (χ0v) is 22.6. The Morgan fingerprint density at radius 1 is 1.34 bits per heavy atom. The van der Waals surface area contributed by atoms with Gasteiger partial charge in [0.15, 0.2) is 10.8 Å². The Morgan fingerprint density at radius 3 is 2.71 bits per heavy atom. The number of nitrogens with one attached hydrogen (secondary N) is 1. The average Bonchev–Trinajstić information content (AvgIpc) is 3.47. The second-order valence-corrected chi connectivity index (χ2v) is 10.8. The molecule has 3 atom stereocenters. The Kier molecular flexibility index (Phi) is 8.08. The third-order valence-electron chi connectivity index (χ3n) is 5.29. The van der Waals surface area contributed by atoms with Gasteiger partial charge in [-0.3, -0.25) is 19.3 Å². The van der Waals surface area contributed by atoms with Gasteiger partial charge in [-0.25, -0.2) is 9.78 Å². The minimum atomic E-state index is -1.20. The van der Waals surface area contributed by atoms with Crippen LogP contribution in [0.25, 0.3) is 6.08 Å². The first-order valence-corrected chi connectivity index (χ1v) is 13.6. The molecule has 0 saturated carbocycles. The van der Waals surface area contributed by atoms with Crippen molar-refractivity contribution < 1.29 is 33.9 Å². The molecule has 2 amide bonds. The summed E-state index contributed by atoms with van der Waals surface area (Å²) in [7, 11) is 0. The van der Waals surface area contributed by atoms with Crippen LogP contribution >= 0.6 is 34.6 Å². The summed E-state index contributed by atoms with van der Waals surface area (Å²) in [6.07, 6.45) is 2.12. The number of anilines is 1. The van der Waals surface area contributed by atoms with Crippen molar-refractivity contribution in [1.82, 2.24) is 24.8 Å². The van der Waals surface area contributed by atoms with Crippen LogP contribution in [0.15, 0.2) is 27.9 Å². The minimum Gasteiger partial charge on any atom is -0.426 e. The molecule has 17 heteroatoms. The maximum Gasteiger partial charge on any atom is 0.358 e. The maximum absolute atomic E-state index is 13.2. The van der Waals surface area contributed by atoms with Crippen LogP contribution in [0.3, 0.4) is 0 Å². The number of ether oxygens (including phenoxy) is 2. The van der Waals surface area contributed by atoms with Gasteiger partial charge in [0.1, 0.15) is 28.5 Å². The van der Waals surface area contributed by atoms with E-state index in [-0.39, 0.29) is 22.3 Å². The fourth-order valence-electron chi connectivity index (χ4n) is 3.62. The van der Waals surface area contributed by atoms with Gasteiger partial charge >= 0.3 is 11.9 Å². The number of β-lactam (4-membered cyclic amide) rings is 1. The van der Waals surface area contributed by atoms with Crippen molar-refractivity contribution in [2.24, 2.45) is 5.16 Å². The van der Waals surface area contributed by atoms with Crippen molar-refractivity contribution in [3.05, 3.63) is 39.0 Å². The van der Waals surface area contributed by atoms with E-state index in [9.17, 15) is 24.4 Å². The standard InChI is InChI=1S/C21H21N7O7S3/c1-8-12(25-27-38-8)5-4-11-6-36-19-15(24-17(30)14(26-33)13-7-37-21(22)23-13)18(31)28(19)16(11)20(32)35-10(3)34-9(2)29/h4-5,7,10,15,19,33H,6H2,1-3H3,(H2,22,23)(H,24,30)/b5-4-,26-14-/t10?,15?,19-/m0/s1. The van der Waals surface area contributed by atoms with Gasteiger partial charge in [-0.1, -0.05) is 15.7 Å². The number of oxime groups is 1. The van der Waals surface area contributed by atoms with Crippen LogP contribution in [0.5, 0.6) is 0 Å². The highest BCUT2D eigenvalue weighted by Gasteiger charge is 2.54. The van der Waals surface area contributed by atoms with Crippen LogP contribution in [-0.4, -0.2) is 77.6 Å². The molecule has 0 aromatic carbocycles. The summed E-state index contributed by atoms with van der Waals surface area (Å²) in [6, 6.07) is -1.02. The molecule has 2 unspecified atom stereocenters. The molecule has 4 rings (SSSR count). The number of thiazole rings is 1. The molecule has 1 saturated heterocycles. The quantitative estimate of drug-likeness (QED) is 0.0997. The molecule has 0 bridgehead atoms. The predicted octanol–water partition coefficient (Wildman–Crippen LogP) is 0.883. The minimum absolute atomic E-state index is 0.0512. The summed E-state index contributed by atoms with van der Waals surface area (Å²) in [5, 5.41) is 19.8. The average molecular weight is 580 g/mol. The van der Waals surface area contributed by atoms with Gasteiger partial charge in [-0.2, -0.15) is 0 Å². The molecule has 2 aromatic heterocycles. The monoisotopic (exact) mass is 579 g/mol. The number of thioether (sulfide) groups is 1. The lowest BCUT2D eigenvalue weighted by atomic mass is 10.0. The van der Waals surface area contributed by atoms with Gasteiger partial charge < -0.3 is 25.7 Å². The lowest BCUT2D eigenvalue weighted by Crippen LogP contribution is -2.71. The van der Waals surface area contributed by atoms with E-state index in [0.717, 1.165) is 16.2 Å². The van der Waals surface area contributed by atoms with Crippen LogP contribution < -0.4 is 11.1 Å². The normalized spacial score (nSPS) is 20.1. The number of nitrogens with two attached hydrogens (primary N) is 1. The Balaban J connectivity index is 1.58. The van der Waals surface area contributed by atoms with E-state index in [1.807, 2.05) is 6.92 Å². The molecule has 1 fully saturated rings. The number of allylic oxidation sites excluding steroid dienone is 1. The predicted molar refractivity (Wildman–Crippen MR) is 138 cm³/mol. The highest BCUT2D eigenvalue weighted by molar-refractivity contribution is 8.00. The maximum atomic E-state index is 13.2. The van der Waals surface area contributed by atoms with Gasteiger partial charge in [0.2, 0.25) is 6.29 Å². The number of nitrogens with zero attached hydrogens (tertiary/aromatic N) is 5. The number of rotatable bonds is 8. The van der Waals surface area contributed by atoms with Crippen molar-refractivity contribution in [3.8, 4) is 0 Å². The van der Waals surface area contributed by atoms with Gasteiger partial charge in [-0.05, 0) is 30.1 Å². The molecule has 14 nitrogen and oxygen atoms in total. The third kappa shape index (κ3) is 5.53. The van der Waals surface area contributed by atoms with E-state index in [1.54, 1.807) is 12.2 Å². The molecule has 200 valence electrons. The molecule has 0 radical (unpaired) electrons. The van der Waals surface area contributed by atoms with E-state index in [0.29, 0.717) is 11.3 Å². The van der Waals surface area contributed by atoms with E-state index < -0.39 is 47.2 Å². The molecule has 4 heterocycles. The van der Waals surface area contributed by atoms with Crippen molar-refractivity contribution in [1.29, 1.82) is 0 Å². The van der Waals surface area contributed by atoms with Crippen molar-refractivity contribution in [2.75, 3.05) is 11.5 Å². The second kappa shape index (κ2) is 11.3. The summed E-state index contributed by atoms with van der Waals surface area (Å²) >= 11 is 3.57. The topological polar surface area (TPSA) is 199 Å². The lowest BCUT2D eigenvalue weighted by Gasteiger charge is -2.49. The number of aryl methyl sites for hydroxylation is 1. The SMILES string of the molecule is CC(=O)OC(C)OC(=O)C1=C(/C=C\c2nnsc2C)CS[C@H]2C(NC(=O)/C(=N\O)c3csc(N)n3)C(=O)N12. The first-order valence-electron chi connectivity index (χ1n) is 10.9. The lowest BCUT2D eigenvalue weighted by molar-refractivity contribution is -0.182. The highest BCUT2D eigenvalue weighted by atomic mass is 32.2. The van der Waals surface area contributed by atoms with Gasteiger partial charge in [0, 0.05) is 29.9 Å². The summed E-state index contributed by atoms with van der Waals surface area (Å²) in [5.74, 6) is -2.68. The van der Waals surface area contributed by atoms with Crippen molar-refractivity contribution in [3.63, 3.8) is 0 Å². The molecule has 38 heavy (non-hydrogen) atoms. The number of esters is 2. The molecule has 2 aromatic rings. The Bertz CT molecular complexity index is 1380. The van der Waals surface area contributed by atoms with Gasteiger partial charge in [0.05, 0.1) is 0 Å². The number of carbonyl (C=O) groups excluding carboxylic acids is 4. The first-order chi connectivity index (χ1) is 18.1. The smallest absolute Gasteiger partial charge is 0.358 e. The van der Waals surface area contributed by atoms with Gasteiger partial charge in [-0.15, -0.1) is 28.2 Å². The molecular formula is C21H21N7O7S3. The van der Waals surface area contributed by atoms with Gasteiger partial charge in [0.25, 0.3) is 11.8 Å². The zero-order chi connectivity index (χ0) is 27.6. The Morgan fingerprint density at radius 2 is 2.11 bits per heavy atom. The molecule has 2 aliphatic heterocycles. The fourth-order valence-corrected chi connectivity index (χ4v) is 5.94. The number of carbonyl (C=O) groups is 4. The molecule has 0 aliphatic carbocycles. The highest BCUT2D eigenvalue weighted by Crippen LogP contribution is 2.41. The van der Waals surface area contributed by atoms with E-state index in [4.69, 9.17) is 15.2 Å². The molecule has 4 N–H and O–H groups in total. The molecule has 0 spiro atoms. The Labute approximate surface area is 227 Å². The second-order valence-electron chi connectivity index (χ2n) is 7.88. The number of amides is 2. The summed E-state index contributed by atoms with van der Waals surface area (Å²) < 4.78 is 14.0. The first kappa shape index (κ1) is 27.2. The van der Waals surface area contributed by atoms with Crippen molar-refractivity contribution in [2.45, 2.75) is 38.5 Å². The van der Waals surface area contributed by atoms with Crippen LogP contribution in [0.2, 0.25) is 0 Å². The van der Waals surface area contributed by atoms with Crippen LogP contribution in [0.4, 0.5) is 5.13 Å². The van der Waals surface area contributed by atoms with E-state index in [2.05, 4.69) is 25.0 Å². The molecular weight excluding hydrogens is 558 g/mol. The number of nitrogen functional groups attached to an aromatic ring is 1. The zero-order valence-electron chi connectivity index (χ0n) is 20.1. The number of hydrogen-bond donors (Lipinski definition) is 3. The van der Waals surface area contributed by atoms with Crippen molar-refractivity contribution >= 4 is 75.3 Å². The largest absolute Gasteiger partial charge is 0.426 e. The summed E-state index contributed by atoms with van der Waals surface area (Å²) in [6.45, 7) is 4.39. The van der Waals surface area contributed by atoms with Crippen LogP contribution in [-0.2, 0) is 28.7 Å². The van der Waals surface area contributed by atoms with Crippen LogP contribution in [0, 0.1) is 6.92 Å². The molecule has 2 aliphatic rings. The third-order valence-corrected chi connectivity index (χ3v) is 7.91. The summed E-state index contributed by atoms with van der Waals surface area (Å²) in [4.78, 5) is 56.3. The number of aromatic nitrogens is 3. The van der Waals surface area contributed by atoms with E-state index in [1.165, 1.54) is 47.4 Å². The summed E-state index contributed by atoms with van der Waals surface area (Å²) in [5.41, 5.74) is 6.25. The van der Waals surface area contributed by atoms with Crippen LogP contribution in [0.1, 0.15) is 30.1 Å². The fraction of sp³-hybridized carbons (Fsp3) is 0.333. The Hall–Kier alpha value is -3.83.